The number of hydrogen-bond donors (Lipinski definition) is 0. The summed E-state index contributed by atoms with van der Waals surface area (Å²) < 4.78 is 78.8. The van der Waals surface area contributed by atoms with Gasteiger partial charge in [0.1, 0.15) is 61.2 Å². The van der Waals surface area contributed by atoms with E-state index in [0.717, 1.165) is 16.7 Å². The Balaban J connectivity index is 1.34. The van der Waals surface area contributed by atoms with Gasteiger partial charge in [-0.3, -0.25) is 19.4 Å². The van der Waals surface area contributed by atoms with E-state index in [4.69, 9.17) is 52.4 Å². The molecule has 1 saturated carbocycles. The Kier molecular flexibility index (Phi) is 15.7. The Morgan fingerprint density at radius 2 is 1.08 bits per heavy atom. The summed E-state index contributed by atoms with van der Waals surface area (Å²) in [4.78, 5) is 42.5. The third-order valence-corrected chi connectivity index (χ3v) is 10.9. The predicted octanol–water partition coefficient (Wildman–Crippen LogP) is 6.44. The molecule has 4 aromatic rings. The van der Waals surface area contributed by atoms with Gasteiger partial charge in [-0.2, -0.15) is 0 Å². The van der Waals surface area contributed by atoms with Gasteiger partial charge in [0.15, 0.2) is 24.3 Å². The van der Waals surface area contributed by atoms with Gasteiger partial charge in [0, 0.05) is 27.0 Å². The van der Waals surface area contributed by atoms with E-state index in [-0.39, 0.29) is 19.8 Å². The summed E-state index contributed by atoms with van der Waals surface area (Å²) in [6.07, 6.45) is -9.19. The number of esters is 3. The molecular weight excluding hydrogens is 830 g/mol. The average Bonchev–Trinajstić information content (AvgIpc) is 3.60. The van der Waals surface area contributed by atoms with Crippen LogP contribution in [0.5, 0.6) is 0 Å². The highest BCUT2D eigenvalue weighted by Crippen LogP contribution is 2.44. The molecule has 3 aliphatic rings. The molecule has 15 heteroatoms. The van der Waals surface area contributed by atoms with Crippen LogP contribution in [0.1, 0.15) is 56.9 Å². The molecule has 2 aliphatic heterocycles. The fraction of sp³-hybridized carbons (Fsp3) is 0.429. The Morgan fingerprint density at radius 1 is 0.609 bits per heavy atom. The molecule has 14 nitrogen and oxygen atoms in total. The van der Waals surface area contributed by atoms with Crippen molar-refractivity contribution >= 4 is 24.1 Å². The van der Waals surface area contributed by atoms with Crippen molar-refractivity contribution in [1.82, 2.24) is 0 Å². The molecule has 1 aliphatic carbocycles. The number of benzene rings is 4. The average molecular weight is 884 g/mol. The summed E-state index contributed by atoms with van der Waals surface area (Å²) in [6.45, 7) is 7.30. The van der Waals surface area contributed by atoms with Gasteiger partial charge in [-0.1, -0.05) is 103 Å². The maximum absolute atomic E-state index is 14.0. The first-order valence-electron chi connectivity index (χ1n) is 21.2. The van der Waals surface area contributed by atoms with Crippen molar-refractivity contribution in [3.63, 3.8) is 0 Å². The lowest BCUT2D eigenvalue weighted by molar-refractivity contribution is -0.321. The number of nitrogens with zero attached hydrogens (tertiary/aromatic N) is 1. The molecule has 2 saturated heterocycles. The van der Waals surface area contributed by atoms with Crippen LogP contribution in [0.2, 0.25) is 0 Å². The quantitative estimate of drug-likeness (QED) is 0.0650. The summed E-state index contributed by atoms with van der Waals surface area (Å²) in [7, 11) is 0. The van der Waals surface area contributed by atoms with Crippen molar-refractivity contribution in [2.45, 2.75) is 127 Å². The van der Waals surface area contributed by atoms with E-state index in [2.05, 4.69) is 0 Å². The molecule has 0 spiro atoms. The largest absolute Gasteiger partial charge is 0.463 e. The van der Waals surface area contributed by atoms with Crippen LogP contribution in [0, 0.1) is 5.82 Å². The van der Waals surface area contributed by atoms with Crippen LogP contribution < -0.4 is 0 Å². The fourth-order valence-electron chi connectivity index (χ4n) is 8.13. The molecule has 7 rings (SSSR count). The number of ether oxygens (including phenoxy) is 10. The van der Waals surface area contributed by atoms with Crippen molar-refractivity contribution in [3.05, 3.63) is 143 Å². The minimum Gasteiger partial charge on any atom is -0.463 e. The lowest BCUT2D eigenvalue weighted by Gasteiger charge is -2.49. The monoisotopic (exact) mass is 883 g/mol. The molecule has 340 valence electrons. The molecule has 64 heavy (non-hydrogen) atoms. The van der Waals surface area contributed by atoms with Crippen molar-refractivity contribution < 1.29 is 66.1 Å². The SMILES string of the molecule is CC(=O)OC[C@H]1O[C@H](O[C@@H]2[C@@H](OCc3ccccc3)[C@H](OCc3ccccc3)[C@@H](OCc3ccccc3)[C@H]3OC(C)(C)O[C@@H]23)[C@H](N=Cc2ccc(F)cc2)[C@@H](OC(C)=O)[C@@H]1OC(C)=O. The molecule has 0 bridgehead atoms. The second-order valence-corrected chi connectivity index (χ2v) is 16.3. The summed E-state index contributed by atoms with van der Waals surface area (Å²) in [5, 5.41) is 0. The van der Waals surface area contributed by atoms with Crippen LogP contribution in [0.4, 0.5) is 4.39 Å². The highest BCUT2D eigenvalue weighted by molar-refractivity contribution is 5.79. The molecule has 2 heterocycles. The summed E-state index contributed by atoms with van der Waals surface area (Å²) in [6, 6.07) is 33.3. The first-order chi connectivity index (χ1) is 30.8. The van der Waals surface area contributed by atoms with Crippen LogP contribution >= 0.6 is 0 Å². The van der Waals surface area contributed by atoms with Crippen LogP contribution in [0.15, 0.2) is 120 Å². The second-order valence-electron chi connectivity index (χ2n) is 16.3. The molecule has 4 aromatic carbocycles. The maximum atomic E-state index is 14.0. The predicted molar refractivity (Wildman–Crippen MR) is 228 cm³/mol. The van der Waals surface area contributed by atoms with Crippen LogP contribution in [-0.4, -0.2) is 104 Å². The van der Waals surface area contributed by atoms with Gasteiger partial charge >= 0.3 is 17.9 Å². The zero-order valence-corrected chi connectivity index (χ0v) is 36.4. The van der Waals surface area contributed by atoms with Gasteiger partial charge < -0.3 is 47.4 Å². The standard InChI is InChI=1S/C49H54FNO13/c1-30(52)55-29-38-40(59-31(2)53)41(60-32(3)54)39(51-25-33-21-23-37(50)24-22-33)48(61-38)62-45-43(57-27-35-17-11-7-12-18-35)42(56-26-34-15-9-6-10-16-34)44(46-47(45)64-49(4,5)63-46)58-28-36-19-13-8-14-20-36/h6-25,38-48H,26-29H2,1-5H3/t38-,39-,40-,41-,42+,43+,44-,45-,46-,47+,48-/m1/s1. The third kappa shape index (κ3) is 12.2. The lowest BCUT2D eigenvalue weighted by Crippen LogP contribution is -2.68. The second kappa shape index (κ2) is 21.5. The summed E-state index contributed by atoms with van der Waals surface area (Å²) in [5.41, 5.74) is 3.19. The summed E-state index contributed by atoms with van der Waals surface area (Å²) in [5.74, 6) is -3.67. The Labute approximate surface area is 371 Å². The molecule has 0 unspecified atom stereocenters. The number of fused-ring (bicyclic) bond motifs is 1. The van der Waals surface area contributed by atoms with Crippen molar-refractivity contribution in [2.75, 3.05) is 6.61 Å². The maximum Gasteiger partial charge on any atom is 0.303 e. The van der Waals surface area contributed by atoms with Crippen molar-refractivity contribution in [1.29, 1.82) is 0 Å². The van der Waals surface area contributed by atoms with E-state index in [1.807, 2.05) is 91.0 Å². The zero-order valence-electron chi connectivity index (χ0n) is 36.4. The topological polar surface area (TPSA) is 156 Å². The van der Waals surface area contributed by atoms with Gasteiger partial charge in [0.05, 0.1) is 19.8 Å². The first kappa shape index (κ1) is 46.6. The molecule has 0 aromatic heterocycles. The number of aliphatic imine (C=N–C) groups is 1. The van der Waals surface area contributed by atoms with E-state index in [1.165, 1.54) is 51.3 Å². The van der Waals surface area contributed by atoms with Crippen LogP contribution in [-0.2, 0) is 81.6 Å². The summed E-state index contributed by atoms with van der Waals surface area (Å²) >= 11 is 0. The van der Waals surface area contributed by atoms with Gasteiger partial charge in [-0.15, -0.1) is 0 Å². The van der Waals surface area contributed by atoms with Crippen molar-refractivity contribution in [2.24, 2.45) is 4.99 Å². The molecule has 0 radical (unpaired) electrons. The Morgan fingerprint density at radius 3 is 1.58 bits per heavy atom. The third-order valence-electron chi connectivity index (χ3n) is 10.9. The van der Waals surface area contributed by atoms with E-state index in [1.54, 1.807) is 13.8 Å². The number of hydrogen-bond acceptors (Lipinski definition) is 14. The molecule has 11 atom stereocenters. The van der Waals surface area contributed by atoms with Crippen molar-refractivity contribution in [3.8, 4) is 0 Å². The normalized spacial score (nSPS) is 28.6. The van der Waals surface area contributed by atoms with E-state index in [0.29, 0.717) is 5.56 Å². The number of halogens is 1. The van der Waals surface area contributed by atoms with E-state index >= 15 is 0 Å². The molecule has 0 amide bonds. The van der Waals surface area contributed by atoms with Gasteiger partial charge in [-0.25, -0.2) is 4.39 Å². The number of carbonyl (C=O) groups excluding carboxylic acids is 3. The number of rotatable bonds is 17. The Bertz CT molecular complexity index is 2160. The van der Waals surface area contributed by atoms with Gasteiger partial charge in [0.2, 0.25) is 0 Å². The molecular formula is C49H54FNO13. The van der Waals surface area contributed by atoms with Gasteiger partial charge in [0.25, 0.3) is 0 Å². The number of carbonyl (C=O) groups is 3. The smallest absolute Gasteiger partial charge is 0.303 e. The van der Waals surface area contributed by atoms with E-state index < -0.39 is 103 Å². The highest BCUT2D eigenvalue weighted by atomic mass is 19.1. The lowest BCUT2D eigenvalue weighted by atomic mass is 9.83. The molecule has 3 fully saturated rings. The highest BCUT2D eigenvalue weighted by Gasteiger charge is 2.62. The first-order valence-corrected chi connectivity index (χ1v) is 21.2. The van der Waals surface area contributed by atoms with Gasteiger partial charge in [-0.05, 0) is 48.2 Å². The van der Waals surface area contributed by atoms with Crippen LogP contribution in [0.25, 0.3) is 0 Å². The minimum atomic E-state index is -1.43. The Hall–Kier alpha value is -5.39. The molecule has 0 N–H and O–H groups in total. The van der Waals surface area contributed by atoms with Crippen LogP contribution in [0.3, 0.4) is 0 Å². The van der Waals surface area contributed by atoms with E-state index in [9.17, 15) is 18.8 Å². The fourth-order valence-corrected chi connectivity index (χ4v) is 8.13. The zero-order chi connectivity index (χ0) is 45.2. The minimum absolute atomic E-state index is 0.126.